The summed E-state index contributed by atoms with van der Waals surface area (Å²) in [6, 6.07) is 10.0. The highest BCUT2D eigenvalue weighted by atomic mass is 19.2. The van der Waals surface area contributed by atoms with Crippen LogP contribution in [-0.4, -0.2) is 6.61 Å². The molecule has 1 aliphatic rings. The first-order chi connectivity index (χ1) is 13.6. The van der Waals surface area contributed by atoms with Gasteiger partial charge in [-0.15, -0.1) is 0 Å². The van der Waals surface area contributed by atoms with Crippen molar-refractivity contribution in [2.75, 3.05) is 6.61 Å². The quantitative estimate of drug-likeness (QED) is 0.515. The number of benzene rings is 2. The van der Waals surface area contributed by atoms with Crippen molar-refractivity contribution in [1.29, 1.82) is 0 Å². The largest absolute Gasteiger partial charge is 0.494 e. The van der Waals surface area contributed by atoms with Crippen molar-refractivity contribution in [3.05, 3.63) is 64.7 Å². The first-order valence-corrected chi connectivity index (χ1v) is 10.3. The summed E-state index contributed by atoms with van der Waals surface area (Å²) in [6.45, 7) is 4.83. The Morgan fingerprint density at radius 1 is 0.964 bits per heavy atom. The standard InChI is InChI=1S/C25H28F2O/c1-3-6-18-9-11-19(12-10-18)23-17-22(28-4-2)16-15-20(23)13-14-21-7-5-8-24(26)25(21)27/h5,7-8,15-19H,3-4,6,9-12H2,1-2H3/t18-,19-. The van der Waals surface area contributed by atoms with Crippen LogP contribution in [0.2, 0.25) is 0 Å². The average Bonchev–Trinajstić information content (AvgIpc) is 2.71. The maximum Gasteiger partial charge on any atom is 0.174 e. The van der Waals surface area contributed by atoms with Gasteiger partial charge in [-0.25, -0.2) is 8.78 Å². The highest BCUT2D eigenvalue weighted by Gasteiger charge is 2.23. The van der Waals surface area contributed by atoms with Crippen LogP contribution in [0.15, 0.2) is 36.4 Å². The predicted molar refractivity (Wildman–Crippen MR) is 110 cm³/mol. The number of rotatable bonds is 5. The fraction of sp³-hybridized carbons (Fsp3) is 0.440. The number of hydrogen-bond acceptors (Lipinski definition) is 1. The average molecular weight is 382 g/mol. The van der Waals surface area contributed by atoms with Gasteiger partial charge in [-0.2, -0.15) is 0 Å². The first-order valence-electron chi connectivity index (χ1n) is 10.3. The zero-order chi connectivity index (χ0) is 19.9. The molecule has 2 aromatic carbocycles. The van der Waals surface area contributed by atoms with E-state index < -0.39 is 11.6 Å². The molecule has 0 saturated heterocycles. The number of ether oxygens (including phenoxy) is 1. The first kappa shape index (κ1) is 20.4. The summed E-state index contributed by atoms with van der Waals surface area (Å²) in [5.74, 6) is 6.27. The molecule has 3 heteroatoms. The second kappa shape index (κ2) is 9.73. The van der Waals surface area contributed by atoms with E-state index in [-0.39, 0.29) is 5.56 Å². The van der Waals surface area contributed by atoms with E-state index in [1.807, 2.05) is 19.1 Å². The zero-order valence-corrected chi connectivity index (χ0v) is 16.7. The van der Waals surface area contributed by atoms with Crippen molar-refractivity contribution >= 4 is 0 Å². The zero-order valence-electron chi connectivity index (χ0n) is 16.7. The Morgan fingerprint density at radius 3 is 2.43 bits per heavy atom. The lowest BCUT2D eigenvalue weighted by Crippen LogP contribution is -2.14. The molecular formula is C25H28F2O. The van der Waals surface area contributed by atoms with Crippen LogP contribution in [-0.2, 0) is 0 Å². The van der Waals surface area contributed by atoms with Crippen LogP contribution in [0.25, 0.3) is 0 Å². The van der Waals surface area contributed by atoms with E-state index in [0.29, 0.717) is 12.5 Å². The Bertz CT molecular complexity index is 855. The summed E-state index contributed by atoms with van der Waals surface area (Å²) >= 11 is 0. The van der Waals surface area contributed by atoms with Crippen LogP contribution >= 0.6 is 0 Å². The van der Waals surface area contributed by atoms with Crippen molar-refractivity contribution in [3.8, 4) is 17.6 Å². The lowest BCUT2D eigenvalue weighted by molar-refractivity contribution is 0.306. The molecule has 28 heavy (non-hydrogen) atoms. The highest BCUT2D eigenvalue weighted by Crippen LogP contribution is 2.39. The van der Waals surface area contributed by atoms with E-state index in [1.54, 1.807) is 0 Å². The van der Waals surface area contributed by atoms with Crippen LogP contribution in [0.1, 0.15) is 75.0 Å². The molecule has 2 aromatic rings. The molecule has 0 bridgehead atoms. The van der Waals surface area contributed by atoms with E-state index >= 15 is 0 Å². The third kappa shape index (κ3) is 4.93. The van der Waals surface area contributed by atoms with E-state index in [4.69, 9.17) is 4.74 Å². The van der Waals surface area contributed by atoms with E-state index in [1.165, 1.54) is 43.4 Å². The van der Waals surface area contributed by atoms with Gasteiger partial charge in [-0.05, 0) is 80.3 Å². The molecule has 0 atom stereocenters. The maximum atomic E-state index is 13.9. The van der Waals surface area contributed by atoms with Crippen molar-refractivity contribution in [1.82, 2.24) is 0 Å². The smallest absolute Gasteiger partial charge is 0.174 e. The number of hydrogen-bond donors (Lipinski definition) is 0. The lowest BCUT2D eigenvalue weighted by Gasteiger charge is -2.29. The Labute approximate surface area is 167 Å². The third-order valence-corrected chi connectivity index (χ3v) is 5.60. The lowest BCUT2D eigenvalue weighted by atomic mass is 9.76. The molecule has 0 heterocycles. The SMILES string of the molecule is CCC[C@H]1CC[C@H](c2cc(OCC)ccc2C#Cc2cccc(F)c2F)CC1. The van der Waals surface area contributed by atoms with Gasteiger partial charge in [0.15, 0.2) is 11.6 Å². The summed E-state index contributed by atoms with van der Waals surface area (Å²) in [4.78, 5) is 0. The van der Waals surface area contributed by atoms with Crippen molar-refractivity contribution in [2.24, 2.45) is 5.92 Å². The minimum absolute atomic E-state index is 0.0893. The van der Waals surface area contributed by atoms with Crippen LogP contribution in [0, 0.1) is 29.4 Å². The fourth-order valence-electron chi connectivity index (χ4n) is 4.15. The highest BCUT2D eigenvalue weighted by molar-refractivity contribution is 5.50. The van der Waals surface area contributed by atoms with Gasteiger partial charge in [0.2, 0.25) is 0 Å². The molecule has 0 aromatic heterocycles. The maximum absolute atomic E-state index is 13.9. The van der Waals surface area contributed by atoms with Crippen LogP contribution in [0.4, 0.5) is 8.78 Å². The minimum Gasteiger partial charge on any atom is -0.494 e. The van der Waals surface area contributed by atoms with Gasteiger partial charge in [0.25, 0.3) is 0 Å². The molecule has 0 radical (unpaired) electrons. The summed E-state index contributed by atoms with van der Waals surface area (Å²) in [7, 11) is 0. The van der Waals surface area contributed by atoms with Crippen molar-refractivity contribution < 1.29 is 13.5 Å². The molecule has 0 aliphatic heterocycles. The Hall–Kier alpha value is -2.34. The Kier molecular flexibility index (Phi) is 7.09. The van der Waals surface area contributed by atoms with E-state index in [2.05, 4.69) is 24.8 Å². The predicted octanol–water partition coefficient (Wildman–Crippen LogP) is 6.84. The molecular weight excluding hydrogens is 354 g/mol. The molecule has 3 rings (SSSR count). The summed E-state index contributed by atoms with van der Waals surface area (Å²) < 4.78 is 33.1. The van der Waals surface area contributed by atoms with Crippen molar-refractivity contribution in [2.45, 2.75) is 58.3 Å². The molecule has 0 N–H and O–H groups in total. The molecule has 0 unspecified atom stereocenters. The van der Waals surface area contributed by atoms with Gasteiger partial charge in [0, 0.05) is 5.56 Å². The fourth-order valence-corrected chi connectivity index (χ4v) is 4.15. The normalized spacial score (nSPS) is 19.0. The Balaban J connectivity index is 1.89. The number of halogens is 2. The second-order valence-corrected chi connectivity index (χ2v) is 7.54. The third-order valence-electron chi connectivity index (χ3n) is 5.60. The van der Waals surface area contributed by atoms with Crippen LogP contribution in [0.5, 0.6) is 5.75 Å². The molecule has 1 aliphatic carbocycles. The molecule has 0 spiro atoms. The van der Waals surface area contributed by atoms with Gasteiger partial charge >= 0.3 is 0 Å². The van der Waals surface area contributed by atoms with Gasteiger partial charge in [-0.1, -0.05) is 37.7 Å². The minimum atomic E-state index is -0.887. The monoisotopic (exact) mass is 382 g/mol. The molecule has 0 amide bonds. The van der Waals surface area contributed by atoms with Gasteiger partial charge in [-0.3, -0.25) is 0 Å². The van der Waals surface area contributed by atoms with Crippen LogP contribution in [0.3, 0.4) is 0 Å². The van der Waals surface area contributed by atoms with E-state index in [9.17, 15) is 8.78 Å². The summed E-state index contributed by atoms with van der Waals surface area (Å²) in [5, 5.41) is 0. The molecule has 1 nitrogen and oxygen atoms in total. The van der Waals surface area contributed by atoms with Crippen molar-refractivity contribution in [3.63, 3.8) is 0 Å². The second-order valence-electron chi connectivity index (χ2n) is 7.54. The molecule has 148 valence electrons. The van der Waals surface area contributed by atoms with Gasteiger partial charge < -0.3 is 4.74 Å². The van der Waals surface area contributed by atoms with Gasteiger partial charge in [0.1, 0.15) is 5.75 Å². The molecule has 1 saturated carbocycles. The van der Waals surface area contributed by atoms with Gasteiger partial charge in [0.05, 0.1) is 12.2 Å². The summed E-state index contributed by atoms with van der Waals surface area (Å²) in [6.07, 6.45) is 7.31. The molecule has 1 fully saturated rings. The van der Waals surface area contributed by atoms with E-state index in [0.717, 1.165) is 36.1 Å². The Morgan fingerprint density at radius 2 is 1.71 bits per heavy atom. The van der Waals surface area contributed by atoms with Crippen LogP contribution < -0.4 is 4.74 Å². The topological polar surface area (TPSA) is 9.23 Å². The summed E-state index contributed by atoms with van der Waals surface area (Å²) in [5.41, 5.74) is 2.14.